The topological polar surface area (TPSA) is 98.7 Å². The zero-order valence-electron chi connectivity index (χ0n) is 11.0. The molecule has 1 amide bonds. The van der Waals surface area contributed by atoms with Crippen molar-refractivity contribution in [3.05, 3.63) is 33.9 Å². The SMILES string of the molecule is COCCCN(C)C(=O)c1ccc([N+](=O)[O-])c(N)c1. The van der Waals surface area contributed by atoms with Gasteiger partial charge in [0.05, 0.1) is 4.92 Å². The third-order valence-electron chi connectivity index (χ3n) is 2.66. The number of carbonyl (C=O) groups excluding carboxylic acids is 1. The number of ether oxygens (including phenoxy) is 1. The van der Waals surface area contributed by atoms with E-state index >= 15 is 0 Å². The molecule has 0 saturated carbocycles. The van der Waals surface area contributed by atoms with E-state index in [0.717, 1.165) is 6.42 Å². The second-order valence-corrected chi connectivity index (χ2v) is 4.10. The van der Waals surface area contributed by atoms with Gasteiger partial charge in [-0.25, -0.2) is 0 Å². The van der Waals surface area contributed by atoms with Crippen molar-refractivity contribution in [2.75, 3.05) is 33.0 Å². The van der Waals surface area contributed by atoms with Gasteiger partial charge < -0.3 is 15.4 Å². The number of hydrogen-bond acceptors (Lipinski definition) is 5. The molecule has 0 bridgehead atoms. The third-order valence-corrected chi connectivity index (χ3v) is 2.66. The van der Waals surface area contributed by atoms with Crippen molar-refractivity contribution in [3.63, 3.8) is 0 Å². The van der Waals surface area contributed by atoms with Crippen LogP contribution in [0.3, 0.4) is 0 Å². The van der Waals surface area contributed by atoms with E-state index < -0.39 is 4.92 Å². The Morgan fingerprint density at radius 3 is 2.74 bits per heavy atom. The van der Waals surface area contributed by atoms with Gasteiger partial charge in [-0.15, -0.1) is 0 Å². The number of nitrogens with zero attached hydrogens (tertiary/aromatic N) is 2. The maximum Gasteiger partial charge on any atom is 0.292 e. The highest BCUT2D eigenvalue weighted by atomic mass is 16.6. The van der Waals surface area contributed by atoms with Crippen LogP contribution in [0.2, 0.25) is 0 Å². The molecule has 0 fully saturated rings. The van der Waals surface area contributed by atoms with Crippen LogP contribution < -0.4 is 5.73 Å². The predicted octanol–water partition coefficient (Wildman–Crippen LogP) is 1.29. The smallest absolute Gasteiger partial charge is 0.292 e. The number of anilines is 1. The van der Waals surface area contributed by atoms with Crippen LogP contribution in [-0.4, -0.2) is 43.0 Å². The molecule has 0 unspecified atom stereocenters. The van der Waals surface area contributed by atoms with E-state index in [9.17, 15) is 14.9 Å². The van der Waals surface area contributed by atoms with Crippen LogP contribution in [0, 0.1) is 10.1 Å². The lowest BCUT2D eigenvalue weighted by Gasteiger charge is -2.17. The van der Waals surface area contributed by atoms with E-state index in [4.69, 9.17) is 10.5 Å². The second kappa shape index (κ2) is 6.69. The molecule has 7 heteroatoms. The molecule has 2 N–H and O–H groups in total. The standard InChI is InChI=1S/C12H17N3O4/c1-14(6-3-7-19-2)12(16)9-4-5-11(15(17)18)10(13)8-9/h4-5,8H,3,6-7,13H2,1-2H3. The van der Waals surface area contributed by atoms with Gasteiger partial charge in [-0.05, 0) is 18.6 Å². The van der Waals surface area contributed by atoms with Crippen molar-refractivity contribution >= 4 is 17.3 Å². The fourth-order valence-corrected chi connectivity index (χ4v) is 1.62. The van der Waals surface area contributed by atoms with Crippen molar-refractivity contribution in [2.45, 2.75) is 6.42 Å². The van der Waals surface area contributed by atoms with Gasteiger partial charge in [0.1, 0.15) is 5.69 Å². The molecule has 0 spiro atoms. The van der Waals surface area contributed by atoms with E-state index in [1.165, 1.54) is 23.1 Å². The molecule has 1 aromatic rings. The molecule has 0 heterocycles. The number of amides is 1. The van der Waals surface area contributed by atoms with E-state index in [2.05, 4.69) is 0 Å². The van der Waals surface area contributed by atoms with Crippen LogP contribution in [0.1, 0.15) is 16.8 Å². The van der Waals surface area contributed by atoms with Gasteiger partial charge in [-0.1, -0.05) is 0 Å². The highest BCUT2D eigenvalue weighted by Gasteiger charge is 2.16. The summed E-state index contributed by atoms with van der Waals surface area (Å²) in [4.78, 5) is 23.6. The van der Waals surface area contributed by atoms with Crippen molar-refractivity contribution < 1.29 is 14.5 Å². The quantitative estimate of drug-likeness (QED) is 0.362. The average molecular weight is 267 g/mol. The third kappa shape index (κ3) is 3.92. The van der Waals surface area contributed by atoms with Crippen molar-refractivity contribution in [1.29, 1.82) is 0 Å². The first-order valence-electron chi connectivity index (χ1n) is 5.75. The minimum absolute atomic E-state index is 0.0128. The lowest BCUT2D eigenvalue weighted by molar-refractivity contribution is -0.383. The van der Waals surface area contributed by atoms with Crippen LogP contribution in [0.4, 0.5) is 11.4 Å². The Balaban J connectivity index is 2.77. The normalized spacial score (nSPS) is 10.2. The fraction of sp³-hybridized carbons (Fsp3) is 0.417. The molecular weight excluding hydrogens is 250 g/mol. The molecule has 0 aromatic heterocycles. The van der Waals surface area contributed by atoms with E-state index in [1.54, 1.807) is 14.2 Å². The summed E-state index contributed by atoms with van der Waals surface area (Å²) in [5.41, 5.74) is 5.68. The summed E-state index contributed by atoms with van der Waals surface area (Å²) >= 11 is 0. The van der Waals surface area contributed by atoms with Gasteiger partial charge in [-0.3, -0.25) is 14.9 Å². The molecule has 7 nitrogen and oxygen atoms in total. The molecule has 0 saturated heterocycles. The number of nitrogen functional groups attached to an aromatic ring is 1. The lowest BCUT2D eigenvalue weighted by atomic mass is 10.1. The van der Waals surface area contributed by atoms with Gasteiger partial charge in [0.15, 0.2) is 0 Å². The van der Waals surface area contributed by atoms with Crippen molar-refractivity contribution in [3.8, 4) is 0 Å². The van der Waals surface area contributed by atoms with Crippen molar-refractivity contribution in [1.82, 2.24) is 4.90 Å². The number of benzene rings is 1. The summed E-state index contributed by atoms with van der Waals surface area (Å²) in [5, 5.41) is 10.6. The Morgan fingerprint density at radius 2 is 2.21 bits per heavy atom. The lowest BCUT2D eigenvalue weighted by Crippen LogP contribution is -2.28. The zero-order valence-corrected chi connectivity index (χ0v) is 11.0. The molecular formula is C12H17N3O4. The van der Waals surface area contributed by atoms with Crippen molar-refractivity contribution in [2.24, 2.45) is 0 Å². The summed E-state index contributed by atoms with van der Waals surface area (Å²) in [5.74, 6) is -0.224. The molecule has 0 atom stereocenters. The van der Waals surface area contributed by atoms with Crippen LogP contribution in [0.5, 0.6) is 0 Å². The van der Waals surface area contributed by atoms with Crippen LogP contribution in [-0.2, 0) is 4.74 Å². The molecule has 0 aliphatic rings. The Kier molecular flexibility index (Phi) is 5.25. The van der Waals surface area contributed by atoms with Gasteiger partial charge in [-0.2, -0.15) is 0 Å². The summed E-state index contributed by atoms with van der Waals surface area (Å²) < 4.78 is 4.91. The monoisotopic (exact) mass is 267 g/mol. The summed E-state index contributed by atoms with van der Waals surface area (Å²) in [6.45, 7) is 1.11. The summed E-state index contributed by atoms with van der Waals surface area (Å²) in [6.07, 6.45) is 0.723. The Bertz CT molecular complexity index is 476. The van der Waals surface area contributed by atoms with Gasteiger partial charge >= 0.3 is 0 Å². The number of rotatable bonds is 6. The molecule has 104 valence electrons. The van der Waals surface area contributed by atoms with Gasteiger partial charge in [0.2, 0.25) is 0 Å². The predicted molar refractivity (Wildman–Crippen MR) is 71.0 cm³/mol. The van der Waals surface area contributed by atoms with Gasteiger partial charge in [0, 0.05) is 38.9 Å². The maximum atomic E-state index is 12.0. The Hall–Kier alpha value is -2.15. The second-order valence-electron chi connectivity index (χ2n) is 4.10. The van der Waals surface area contributed by atoms with E-state index in [-0.39, 0.29) is 17.3 Å². The molecule has 0 radical (unpaired) electrons. The van der Waals surface area contributed by atoms with Gasteiger partial charge in [0.25, 0.3) is 11.6 Å². The molecule has 0 aliphatic carbocycles. The van der Waals surface area contributed by atoms with Crippen LogP contribution in [0.15, 0.2) is 18.2 Å². The molecule has 0 aliphatic heterocycles. The first-order chi connectivity index (χ1) is 8.97. The minimum atomic E-state index is -0.577. The van der Waals surface area contributed by atoms with Crippen LogP contribution >= 0.6 is 0 Å². The largest absolute Gasteiger partial charge is 0.393 e. The Morgan fingerprint density at radius 1 is 1.53 bits per heavy atom. The highest BCUT2D eigenvalue weighted by Crippen LogP contribution is 2.22. The number of nitro groups is 1. The number of methoxy groups -OCH3 is 1. The first-order valence-corrected chi connectivity index (χ1v) is 5.75. The average Bonchev–Trinajstić information content (AvgIpc) is 2.37. The highest BCUT2D eigenvalue weighted by molar-refractivity contribution is 5.95. The molecule has 1 rings (SSSR count). The molecule has 19 heavy (non-hydrogen) atoms. The fourth-order valence-electron chi connectivity index (χ4n) is 1.62. The maximum absolute atomic E-state index is 12.0. The first kappa shape index (κ1) is 14.9. The zero-order chi connectivity index (χ0) is 14.4. The van der Waals surface area contributed by atoms with Crippen LogP contribution in [0.25, 0.3) is 0 Å². The number of hydrogen-bond donors (Lipinski definition) is 1. The Labute approximate surface area is 111 Å². The summed E-state index contributed by atoms with van der Waals surface area (Å²) in [7, 11) is 3.26. The minimum Gasteiger partial charge on any atom is -0.393 e. The number of nitro benzene ring substituents is 1. The summed E-state index contributed by atoms with van der Waals surface area (Å²) in [6, 6.07) is 3.97. The number of nitrogens with two attached hydrogens (primary N) is 1. The van der Waals surface area contributed by atoms with E-state index in [1.807, 2.05) is 0 Å². The molecule has 1 aromatic carbocycles. The van der Waals surface area contributed by atoms with E-state index in [0.29, 0.717) is 18.7 Å². The number of carbonyl (C=O) groups is 1.